The summed E-state index contributed by atoms with van der Waals surface area (Å²) in [6, 6.07) is 3.66. The maximum atomic E-state index is 11.4. The zero-order valence-electron chi connectivity index (χ0n) is 9.74. The van der Waals surface area contributed by atoms with Crippen LogP contribution in [0, 0.1) is 0 Å². The van der Waals surface area contributed by atoms with Crippen LogP contribution in [0.4, 0.5) is 4.79 Å². The van der Waals surface area contributed by atoms with Gasteiger partial charge in [-0.25, -0.2) is 4.79 Å². The molecule has 1 heterocycles. The number of carbonyl (C=O) groups is 2. The van der Waals surface area contributed by atoms with Gasteiger partial charge in [0.1, 0.15) is 0 Å². The van der Waals surface area contributed by atoms with Crippen molar-refractivity contribution in [3.05, 3.63) is 20.8 Å². The van der Waals surface area contributed by atoms with Crippen LogP contribution in [0.1, 0.15) is 24.1 Å². The van der Waals surface area contributed by atoms with Crippen LogP contribution in [-0.4, -0.2) is 23.7 Å². The maximum absolute atomic E-state index is 11.4. The van der Waals surface area contributed by atoms with Crippen molar-refractivity contribution in [1.29, 1.82) is 0 Å². The lowest BCUT2D eigenvalue weighted by Gasteiger charge is -2.05. The first-order chi connectivity index (χ1) is 8.58. The van der Waals surface area contributed by atoms with Crippen molar-refractivity contribution in [2.24, 2.45) is 0 Å². The van der Waals surface area contributed by atoms with Crippen LogP contribution in [0.2, 0.25) is 0 Å². The molecule has 1 rings (SSSR count). The van der Waals surface area contributed by atoms with Gasteiger partial charge in [0.15, 0.2) is 0 Å². The lowest BCUT2D eigenvalue weighted by atomic mass is 10.2. The van der Waals surface area contributed by atoms with E-state index in [0.717, 1.165) is 8.66 Å². The minimum atomic E-state index is -0.803. The third-order valence-electron chi connectivity index (χ3n) is 2.16. The van der Waals surface area contributed by atoms with Gasteiger partial charge in [0.25, 0.3) is 0 Å². The monoisotopic (exact) mass is 334 g/mol. The summed E-state index contributed by atoms with van der Waals surface area (Å²) >= 11 is 4.93. The number of carbonyl (C=O) groups excluding carboxylic acids is 1. The van der Waals surface area contributed by atoms with Gasteiger partial charge in [-0.2, -0.15) is 0 Å². The van der Waals surface area contributed by atoms with Gasteiger partial charge in [-0.15, -0.1) is 11.3 Å². The number of rotatable bonds is 7. The van der Waals surface area contributed by atoms with Gasteiger partial charge in [-0.3, -0.25) is 4.79 Å². The molecule has 0 unspecified atom stereocenters. The van der Waals surface area contributed by atoms with Crippen LogP contribution in [0.5, 0.6) is 0 Å². The zero-order chi connectivity index (χ0) is 13.4. The second-order valence-corrected chi connectivity index (χ2v) is 6.21. The highest BCUT2D eigenvalue weighted by Gasteiger charge is 2.02. The molecule has 1 aromatic rings. The molecule has 0 aliphatic heterocycles. The molecule has 3 N–H and O–H groups in total. The van der Waals surface area contributed by atoms with E-state index in [1.54, 1.807) is 11.3 Å². The molecule has 0 fully saturated rings. The molecular weight excluding hydrogens is 320 g/mol. The number of thiophene rings is 1. The Labute approximate surface area is 118 Å². The number of hydrogen-bond acceptors (Lipinski definition) is 3. The fourth-order valence-corrected chi connectivity index (χ4v) is 2.70. The summed E-state index contributed by atoms with van der Waals surface area (Å²) in [4.78, 5) is 22.7. The minimum absolute atomic E-state index is 0.145. The Morgan fingerprint density at radius 2 is 2.06 bits per heavy atom. The van der Waals surface area contributed by atoms with E-state index in [0.29, 0.717) is 25.9 Å². The van der Waals surface area contributed by atoms with Gasteiger partial charge in [0, 0.05) is 17.8 Å². The van der Waals surface area contributed by atoms with Crippen LogP contribution in [0.15, 0.2) is 15.9 Å². The highest BCUT2D eigenvalue weighted by molar-refractivity contribution is 9.11. The highest BCUT2D eigenvalue weighted by Crippen LogP contribution is 2.21. The number of carboxylic acids is 1. The lowest BCUT2D eigenvalue weighted by Crippen LogP contribution is -2.35. The number of hydrogen-bond donors (Lipinski definition) is 3. The fraction of sp³-hybridized carbons (Fsp3) is 0.455. The highest BCUT2D eigenvalue weighted by atomic mass is 79.9. The normalized spacial score (nSPS) is 10.1. The minimum Gasteiger partial charge on any atom is -0.481 e. The van der Waals surface area contributed by atoms with Crippen molar-refractivity contribution in [3.63, 3.8) is 0 Å². The molecule has 7 heteroatoms. The van der Waals surface area contributed by atoms with Gasteiger partial charge in [0.05, 0.1) is 10.3 Å². The molecule has 0 atom stereocenters. The van der Waals surface area contributed by atoms with Gasteiger partial charge in [0.2, 0.25) is 0 Å². The Morgan fingerprint density at radius 3 is 2.67 bits per heavy atom. The van der Waals surface area contributed by atoms with Gasteiger partial charge in [-0.1, -0.05) is 0 Å². The van der Waals surface area contributed by atoms with Gasteiger partial charge in [-0.05, 0) is 40.9 Å². The van der Waals surface area contributed by atoms with Crippen molar-refractivity contribution < 1.29 is 14.7 Å². The summed E-state index contributed by atoms with van der Waals surface area (Å²) in [5.41, 5.74) is 0. The van der Waals surface area contributed by atoms with E-state index in [4.69, 9.17) is 5.11 Å². The van der Waals surface area contributed by atoms with Crippen LogP contribution >= 0.6 is 27.3 Å². The predicted octanol–water partition coefficient (Wildman–Crippen LogP) is 2.56. The van der Waals surface area contributed by atoms with Crippen LogP contribution in [-0.2, 0) is 11.3 Å². The number of nitrogens with one attached hydrogen (secondary N) is 2. The molecule has 5 nitrogen and oxygen atoms in total. The van der Waals surface area contributed by atoms with Crippen molar-refractivity contribution in [1.82, 2.24) is 10.6 Å². The van der Waals surface area contributed by atoms with E-state index in [9.17, 15) is 9.59 Å². The molecule has 0 bridgehead atoms. The van der Waals surface area contributed by atoms with E-state index in [1.165, 1.54) is 0 Å². The van der Waals surface area contributed by atoms with Crippen molar-refractivity contribution in [2.45, 2.75) is 25.8 Å². The fourth-order valence-electron chi connectivity index (χ4n) is 1.28. The zero-order valence-corrected chi connectivity index (χ0v) is 12.1. The second-order valence-electron chi connectivity index (χ2n) is 3.67. The summed E-state index contributed by atoms with van der Waals surface area (Å²) < 4.78 is 1.04. The topological polar surface area (TPSA) is 78.4 Å². The van der Waals surface area contributed by atoms with E-state index >= 15 is 0 Å². The first-order valence-corrected chi connectivity index (χ1v) is 7.16. The molecule has 0 spiro atoms. The molecule has 0 aliphatic rings. The Hall–Kier alpha value is -1.08. The standard InChI is InChI=1S/C11H15BrN2O3S/c12-9-5-4-8(18-9)7-14-11(17)13-6-2-1-3-10(15)16/h4-5H,1-3,6-7H2,(H,15,16)(H2,13,14,17). The quantitative estimate of drug-likeness (QED) is 0.670. The summed E-state index contributed by atoms with van der Waals surface area (Å²) in [5, 5.41) is 13.9. The van der Waals surface area contributed by atoms with Crippen molar-refractivity contribution in [3.8, 4) is 0 Å². The lowest BCUT2D eigenvalue weighted by molar-refractivity contribution is -0.137. The first kappa shape index (κ1) is 15.0. The SMILES string of the molecule is O=C(O)CCCCNC(=O)NCc1ccc(Br)s1. The van der Waals surface area contributed by atoms with Gasteiger partial charge >= 0.3 is 12.0 Å². The molecule has 0 saturated heterocycles. The summed E-state index contributed by atoms with van der Waals surface area (Å²) in [6.07, 6.45) is 1.39. The summed E-state index contributed by atoms with van der Waals surface area (Å²) in [6.45, 7) is 0.991. The summed E-state index contributed by atoms with van der Waals surface area (Å²) in [5.74, 6) is -0.803. The summed E-state index contributed by atoms with van der Waals surface area (Å²) in [7, 11) is 0. The Balaban J connectivity index is 2.05. The van der Waals surface area contributed by atoms with Crippen molar-refractivity contribution >= 4 is 39.3 Å². The second kappa shape index (κ2) is 8.10. The van der Waals surface area contributed by atoms with E-state index in [2.05, 4.69) is 26.6 Å². The molecule has 18 heavy (non-hydrogen) atoms. The maximum Gasteiger partial charge on any atom is 0.315 e. The number of urea groups is 1. The third kappa shape index (κ3) is 6.61. The molecule has 2 amide bonds. The Kier molecular flexibility index (Phi) is 6.74. The first-order valence-electron chi connectivity index (χ1n) is 5.55. The third-order valence-corrected chi connectivity index (χ3v) is 3.78. The molecular formula is C11H15BrN2O3S. The van der Waals surface area contributed by atoms with E-state index in [-0.39, 0.29) is 12.5 Å². The molecule has 0 saturated carbocycles. The Bertz CT molecular complexity index is 409. The molecule has 100 valence electrons. The number of amides is 2. The number of carboxylic acid groups (broad SMARTS) is 1. The molecule has 0 aromatic carbocycles. The Morgan fingerprint density at radius 1 is 1.28 bits per heavy atom. The molecule has 1 aromatic heterocycles. The number of halogens is 1. The number of aliphatic carboxylic acids is 1. The van der Waals surface area contributed by atoms with Crippen LogP contribution < -0.4 is 10.6 Å². The smallest absolute Gasteiger partial charge is 0.315 e. The average molecular weight is 335 g/mol. The van der Waals surface area contributed by atoms with E-state index in [1.807, 2.05) is 12.1 Å². The van der Waals surface area contributed by atoms with Crippen LogP contribution in [0.25, 0.3) is 0 Å². The van der Waals surface area contributed by atoms with Crippen LogP contribution in [0.3, 0.4) is 0 Å². The van der Waals surface area contributed by atoms with Crippen molar-refractivity contribution in [2.75, 3.05) is 6.54 Å². The molecule has 0 radical (unpaired) electrons. The largest absolute Gasteiger partial charge is 0.481 e. The number of unbranched alkanes of at least 4 members (excludes halogenated alkanes) is 1. The molecule has 0 aliphatic carbocycles. The average Bonchev–Trinajstić information content (AvgIpc) is 2.71. The van der Waals surface area contributed by atoms with Gasteiger partial charge < -0.3 is 15.7 Å². The predicted molar refractivity (Wildman–Crippen MR) is 73.7 cm³/mol. The van der Waals surface area contributed by atoms with E-state index < -0.39 is 5.97 Å².